The molecule has 4 saturated carbocycles. The molecule has 0 amide bonds. The average Bonchev–Trinajstić information content (AvgIpc) is 3.11. The summed E-state index contributed by atoms with van der Waals surface area (Å²) < 4.78 is 6.33. The molecule has 4 aliphatic carbocycles. The van der Waals surface area contributed by atoms with Gasteiger partial charge in [0.25, 0.3) is 0 Å². The number of fused-ring (bicyclic) bond motifs is 5. The largest absolute Gasteiger partial charge is 0.378 e. The molecule has 4 aliphatic rings. The lowest BCUT2D eigenvalue weighted by Gasteiger charge is -2.61. The van der Waals surface area contributed by atoms with E-state index in [-0.39, 0.29) is 0 Å². The van der Waals surface area contributed by atoms with Gasteiger partial charge in [0.15, 0.2) is 0 Å². The van der Waals surface area contributed by atoms with Gasteiger partial charge in [0.2, 0.25) is 0 Å². The molecule has 0 radical (unpaired) electrons. The van der Waals surface area contributed by atoms with Gasteiger partial charge in [-0.25, -0.2) is 0 Å². The maximum atomic E-state index is 6.33. The Morgan fingerprint density at radius 3 is 2.31 bits per heavy atom. The van der Waals surface area contributed by atoms with E-state index in [0.29, 0.717) is 16.9 Å². The van der Waals surface area contributed by atoms with Crippen molar-refractivity contribution in [3.8, 4) is 0 Å². The number of ether oxygens (including phenoxy) is 1. The monoisotopic (exact) mass is 444 g/mol. The standard InChI is InChI=1S/C31H56O/c1-7-8-20-32-25-16-18-30(5)24(21-25)12-13-26-28-15-14-27(23(4)11-9-10-22(2)3)31(28,6)19-17-29(26)30/h22-29H,7-21H2,1-6H3/t23-,24+,25+,26+,27-,28+,29+,30+,31-/m1/s1. The number of hydrogen-bond acceptors (Lipinski definition) is 1. The molecule has 0 aliphatic heterocycles. The molecule has 0 heterocycles. The van der Waals surface area contributed by atoms with Crippen molar-refractivity contribution < 1.29 is 4.74 Å². The van der Waals surface area contributed by atoms with Gasteiger partial charge in [0, 0.05) is 6.61 Å². The molecule has 0 spiro atoms. The Bertz CT molecular complexity index is 597. The molecule has 0 aromatic rings. The molecule has 0 bridgehead atoms. The number of rotatable bonds is 9. The van der Waals surface area contributed by atoms with Gasteiger partial charge in [-0.05, 0) is 116 Å². The van der Waals surface area contributed by atoms with Gasteiger partial charge in [0.05, 0.1) is 6.10 Å². The summed E-state index contributed by atoms with van der Waals surface area (Å²) in [7, 11) is 0. The first-order valence-electron chi connectivity index (χ1n) is 14.9. The SMILES string of the molecule is CCCCO[C@H]1CC[C@@]2(C)[C@@H](CC[C@@H]3[C@@H]2CC[C@]2(C)[C@@H]([C@H](C)CCCC(C)C)CC[C@@H]32)C1. The van der Waals surface area contributed by atoms with Crippen molar-refractivity contribution in [2.45, 2.75) is 138 Å². The summed E-state index contributed by atoms with van der Waals surface area (Å²) >= 11 is 0. The molecule has 0 saturated heterocycles. The Morgan fingerprint density at radius 2 is 1.56 bits per heavy atom. The van der Waals surface area contributed by atoms with Crippen LogP contribution in [0.5, 0.6) is 0 Å². The zero-order chi connectivity index (χ0) is 22.9. The van der Waals surface area contributed by atoms with Crippen molar-refractivity contribution in [3.63, 3.8) is 0 Å². The first kappa shape index (κ1) is 25.1. The summed E-state index contributed by atoms with van der Waals surface area (Å²) in [4.78, 5) is 0. The molecule has 0 aromatic carbocycles. The summed E-state index contributed by atoms with van der Waals surface area (Å²) in [5.74, 6) is 6.78. The smallest absolute Gasteiger partial charge is 0.0578 e. The second-order valence-corrected chi connectivity index (χ2v) is 13.8. The molecule has 9 atom stereocenters. The van der Waals surface area contributed by atoms with Crippen LogP contribution in [-0.4, -0.2) is 12.7 Å². The molecule has 1 heteroatoms. The van der Waals surface area contributed by atoms with Crippen molar-refractivity contribution in [2.24, 2.45) is 52.3 Å². The average molecular weight is 445 g/mol. The Labute approximate surface area is 201 Å². The third-order valence-corrected chi connectivity index (χ3v) is 11.7. The lowest BCUT2D eigenvalue weighted by Crippen LogP contribution is -2.54. The van der Waals surface area contributed by atoms with Crippen molar-refractivity contribution >= 4 is 0 Å². The van der Waals surface area contributed by atoms with Crippen molar-refractivity contribution in [3.05, 3.63) is 0 Å². The van der Waals surface area contributed by atoms with Gasteiger partial charge >= 0.3 is 0 Å². The summed E-state index contributed by atoms with van der Waals surface area (Å²) in [5.41, 5.74) is 1.25. The molecule has 1 nitrogen and oxygen atoms in total. The normalized spacial score (nSPS) is 44.7. The first-order valence-corrected chi connectivity index (χ1v) is 14.9. The Morgan fingerprint density at radius 1 is 0.812 bits per heavy atom. The van der Waals surface area contributed by atoms with Crippen LogP contribution in [0.2, 0.25) is 0 Å². The van der Waals surface area contributed by atoms with Crippen molar-refractivity contribution in [1.29, 1.82) is 0 Å². The molecule has 0 unspecified atom stereocenters. The Hall–Kier alpha value is -0.0400. The molecule has 0 aromatic heterocycles. The van der Waals surface area contributed by atoms with Gasteiger partial charge in [0.1, 0.15) is 0 Å². The van der Waals surface area contributed by atoms with Gasteiger partial charge in [-0.15, -0.1) is 0 Å². The van der Waals surface area contributed by atoms with Gasteiger partial charge < -0.3 is 4.74 Å². The molecular weight excluding hydrogens is 388 g/mol. The highest BCUT2D eigenvalue weighted by molar-refractivity contribution is 5.09. The van der Waals surface area contributed by atoms with E-state index in [1.165, 1.54) is 83.5 Å². The van der Waals surface area contributed by atoms with Crippen LogP contribution < -0.4 is 0 Å². The van der Waals surface area contributed by atoms with E-state index >= 15 is 0 Å². The van der Waals surface area contributed by atoms with Gasteiger partial charge in [-0.1, -0.05) is 67.2 Å². The van der Waals surface area contributed by atoms with Crippen LogP contribution in [0.3, 0.4) is 0 Å². The Balaban J connectivity index is 1.39. The Kier molecular flexibility index (Phi) is 8.06. The van der Waals surface area contributed by atoms with Crippen LogP contribution in [-0.2, 0) is 4.74 Å². The minimum atomic E-state index is 0.563. The summed E-state index contributed by atoms with van der Waals surface area (Å²) in [5, 5.41) is 0. The highest BCUT2D eigenvalue weighted by Gasteiger charge is 2.60. The predicted octanol–water partition coefficient (Wildman–Crippen LogP) is 9.29. The van der Waals surface area contributed by atoms with Crippen LogP contribution >= 0.6 is 0 Å². The molecule has 32 heavy (non-hydrogen) atoms. The maximum Gasteiger partial charge on any atom is 0.0578 e. The highest BCUT2D eigenvalue weighted by atomic mass is 16.5. The minimum absolute atomic E-state index is 0.563. The van der Waals surface area contributed by atoms with E-state index in [4.69, 9.17) is 4.74 Å². The molecule has 0 N–H and O–H groups in total. The van der Waals surface area contributed by atoms with E-state index in [1.807, 2.05) is 0 Å². The first-order chi connectivity index (χ1) is 15.3. The lowest BCUT2D eigenvalue weighted by atomic mass is 9.44. The number of hydrogen-bond donors (Lipinski definition) is 0. The van der Waals surface area contributed by atoms with Crippen LogP contribution in [0.1, 0.15) is 131 Å². The van der Waals surface area contributed by atoms with Crippen molar-refractivity contribution in [2.75, 3.05) is 6.61 Å². The minimum Gasteiger partial charge on any atom is -0.378 e. The topological polar surface area (TPSA) is 9.23 Å². The third-order valence-electron chi connectivity index (χ3n) is 11.7. The molecule has 4 rings (SSSR count). The summed E-state index contributed by atoms with van der Waals surface area (Å²) in [6, 6.07) is 0. The van der Waals surface area contributed by atoms with Crippen LogP contribution in [0.4, 0.5) is 0 Å². The quantitative estimate of drug-likeness (QED) is 0.322. The lowest BCUT2D eigenvalue weighted by molar-refractivity contribution is -0.136. The summed E-state index contributed by atoms with van der Waals surface area (Å²) in [6.07, 6.45) is 20.7. The van der Waals surface area contributed by atoms with Crippen LogP contribution in [0, 0.1) is 52.3 Å². The van der Waals surface area contributed by atoms with E-state index in [2.05, 4.69) is 41.5 Å². The zero-order valence-corrected chi connectivity index (χ0v) is 22.6. The molecular formula is C31H56O. The molecule has 186 valence electrons. The number of unbranched alkanes of at least 4 members (excludes halogenated alkanes) is 1. The summed E-state index contributed by atoms with van der Waals surface area (Å²) in [6.45, 7) is 16.1. The van der Waals surface area contributed by atoms with Crippen molar-refractivity contribution in [1.82, 2.24) is 0 Å². The zero-order valence-electron chi connectivity index (χ0n) is 22.6. The fraction of sp³-hybridized carbons (Fsp3) is 1.00. The predicted molar refractivity (Wildman–Crippen MR) is 138 cm³/mol. The second-order valence-electron chi connectivity index (χ2n) is 13.8. The van der Waals surface area contributed by atoms with Gasteiger partial charge in [-0.2, -0.15) is 0 Å². The van der Waals surface area contributed by atoms with Gasteiger partial charge in [-0.3, -0.25) is 0 Å². The van der Waals surface area contributed by atoms with E-state index in [0.717, 1.165) is 48.0 Å². The van der Waals surface area contributed by atoms with E-state index in [1.54, 1.807) is 6.42 Å². The molecule has 4 fully saturated rings. The van der Waals surface area contributed by atoms with Crippen LogP contribution in [0.15, 0.2) is 0 Å². The fourth-order valence-electron chi connectivity index (χ4n) is 9.79. The van der Waals surface area contributed by atoms with Crippen LogP contribution in [0.25, 0.3) is 0 Å². The third kappa shape index (κ3) is 4.72. The second kappa shape index (κ2) is 10.3. The maximum absolute atomic E-state index is 6.33. The highest BCUT2D eigenvalue weighted by Crippen LogP contribution is 2.68. The van der Waals surface area contributed by atoms with E-state index < -0.39 is 0 Å². The van der Waals surface area contributed by atoms with E-state index in [9.17, 15) is 0 Å². The fourth-order valence-corrected chi connectivity index (χ4v) is 9.79.